The Morgan fingerprint density at radius 1 is 1.38 bits per heavy atom. The summed E-state index contributed by atoms with van der Waals surface area (Å²) < 4.78 is 49.3. The molecule has 0 amide bonds. The molecule has 10 heteroatoms. The van der Waals surface area contributed by atoms with Crippen LogP contribution in [0.15, 0.2) is 17.5 Å². The van der Waals surface area contributed by atoms with Crippen molar-refractivity contribution in [2.24, 2.45) is 0 Å². The second kappa shape index (κ2) is 6.03. The highest BCUT2D eigenvalue weighted by Crippen LogP contribution is 2.24. The summed E-state index contributed by atoms with van der Waals surface area (Å²) in [5.41, 5.74) is 0. The van der Waals surface area contributed by atoms with Crippen LogP contribution in [0.4, 0.5) is 0 Å². The summed E-state index contributed by atoms with van der Waals surface area (Å²) in [7, 11) is -7.06. The fourth-order valence-electron chi connectivity index (χ4n) is 2.12. The Hall–Kier alpha value is -0.970. The molecule has 1 saturated heterocycles. The number of carboxylic acid groups (broad SMARTS) is 1. The van der Waals surface area contributed by atoms with Gasteiger partial charge >= 0.3 is 5.97 Å². The standard InChI is InChI=1S/C11H15NO6S3/c13-11(14)10(9-2-1-5-19-9)12-21(17,18)8-3-6-20(15,16)7-4-8/h1-2,5,8,10,12H,3-4,6-7H2,(H,13,14). The topological polar surface area (TPSA) is 118 Å². The predicted octanol–water partition coefficient (Wildman–Crippen LogP) is 0.370. The molecule has 1 fully saturated rings. The van der Waals surface area contributed by atoms with E-state index < -0.39 is 37.1 Å². The van der Waals surface area contributed by atoms with E-state index in [9.17, 15) is 26.7 Å². The van der Waals surface area contributed by atoms with E-state index in [0.717, 1.165) is 11.3 Å². The first-order valence-corrected chi connectivity index (χ1v) is 10.4. The van der Waals surface area contributed by atoms with Crippen molar-refractivity contribution in [3.8, 4) is 0 Å². The first-order valence-electron chi connectivity index (χ1n) is 6.19. The van der Waals surface area contributed by atoms with E-state index in [1.54, 1.807) is 11.4 Å². The normalized spacial score (nSPS) is 21.0. The molecule has 1 atom stereocenters. The van der Waals surface area contributed by atoms with Gasteiger partial charge in [-0.2, -0.15) is 4.72 Å². The predicted molar refractivity (Wildman–Crippen MR) is 78.4 cm³/mol. The molecule has 1 unspecified atom stereocenters. The second-order valence-corrected chi connectivity index (χ2v) is 10.1. The molecule has 0 bridgehead atoms. The SMILES string of the molecule is O=C(O)C(NS(=O)(=O)C1CCS(=O)(=O)CC1)c1cccs1. The number of hydrogen-bond acceptors (Lipinski definition) is 6. The average molecular weight is 353 g/mol. The minimum atomic E-state index is -3.89. The van der Waals surface area contributed by atoms with Gasteiger partial charge in [0.1, 0.15) is 9.84 Å². The molecule has 0 aliphatic carbocycles. The van der Waals surface area contributed by atoms with Gasteiger partial charge in [-0.25, -0.2) is 16.8 Å². The number of carboxylic acids is 1. The molecule has 1 aromatic rings. The van der Waals surface area contributed by atoms with Gasteiger partial charge in [0.2, 0.25) is 10.0 Å². The summed E-state index contributed by atoms with van der Waals surface area (Å²) in [4.78, 5) is 11.6. The first-order chi connectivity index (χ1) is 9.71. The molecule has 21 heavy (non-hydrogen) atoms. The van der Waals surface area contributed by atoms with Gasteiger partial charge in [0, 0.05) is 4.88 Å². The number of rotatable bonds is 5. The van der Waals surface area contributed by atoms with Crippen LogP contribution in [0.5, 0.6) is 0 Å². The number of sulfone groups is 1. The Bertz CT molecular complexity index is 693. The maximum Gasteiger partial charge on any atom is 0.327 e. The van der Waals surface area contributed by atoms with Crippen molar-refractivity contribution in [1.29, 1.82) is 0 Å². The molecule has 2 heterocycles. The minimum absolute atomic E-state index is 0.00551. The summed E-state index contributed by atoms with van der Waals surface area (Å²) in [6, 6.07) is 1.84. The third kappa shape index (κ3) is 4.02. The average Bonchev–Trinajstić information content (AvgIpc) is 2.88. The van der Waals surface area contributed by atoms with Gasteiger partial charge in [-0.3, -0.25) is 4.79 Å². The highest BCUT2D eigenvalue weighted by atomic mass is 32.2. The lowest BCUT2D eigenvalue weighted by Crippen LogP contribution is -2.43. The zero-order valence-electron chi connectivity index (χ0n) is 10.9. The van der Waals surface area contributed by atoms with E-state index in [1.807, 2.05) is 0 Å². The molecule has 0 saturated carbocycles. The molecule has 1 aliphatic heterocycles. The molecule has 0 radical (unpaired) electrons. The summed E-state index contributed by atoms with van der Waals surface area (Å²) in [6.07, 6.45) is -0.0110. The molecule has 7 nitrogen and oxygen atoms in total. The fourth-order valence-corrected chi connectivity index (χ4v) is 6.36. The summed E-state index contributed by atoms with van der Waals surface area (Å²) in [6.45, 7) is 0. The summed E-state index contributed by atoms with van der Waals surface area (Å²) in [5, 5.41) is 9.96. The Balaban J connectivity index is 2.15. The van der Waals surface area contributed by atoms with Gasteiger partial charge in [0.15, 0.2) is 6.04 Å². The number of aliphatic carboxylic acids is 1. The van der Waals surface area contributed by atoms with Crippen LogP contribution in [0.3, 0.4) is 0 Å². The van der Waals surface area contributed by atoms with Crippen LogP contribution in [0.25, 0.3) is 0 Å². The van der Waals surface area contributed by atoms with E-state index >= 15 is 0 Å². The molecule has 1 aromatic heterocycles. The maximum absolute atomic E-state index is 12.2. The zero-order chi connectivity index (χ0) is 15.7. The largest absolute Gasteiger partial charge is 0.480 e. The lowest BCUT2D eigenvalue weighted by molar-refractivity contribution is -0.139. The second-order valence-electron chi connectivity index (χ2n) is 4.80. The lowest BCUT2D eigenvalue weighted by Gasteiger charge is -2.24. The monoisotopic (exact) mass is 353 g/mol. The Morgan fingerprint density at radius 2 is 2.00 bits per heavy atom. The van der Waals surface area contributed by atoms with Gasteiger partial charge in [-0.1, -0.05) is 6.07 Å². The summed E-state index contributed by atoms with van der Waals surface area (Å²) >= 11 is 1.14. The van der Waals surface area contributed by atoms with E-state index in [-0.39, 0.29) is 24.3 Å². The zero-order valence-corrected chi connectivity index (χ0v) is 13.4. The third-order valence-electron chi connectivity index (χ3n) is 3.30. The van der Waals surface area contributed by atoms with Crippen molar-refractivity contribution >= 4 is 37.2 Å². The van der Waals surface area contributed by atoms with Crippen molar-refractivity contribution in [3.63, 3.8) is 0 Å². The van der Waals surface area contributed by atoms with Crippen LogP contribution in [0.1, 0.15) is 23.8 Å². The van der Waals surface area contributed by atoms with E-state index in [0.29, 0.717) is 4.88 Å². The van der Waals surface area contributed by atoms with Crippen molar-refractivity contribution in [1.82, 2.24) is 4.72 Å². The highest BCUT2D eigenvalue weighted by molar-refractivity contribution is 7.92. The third-order valence-corrected chi connectivity index (χ3v) is 7.86. The lowest BCUT2D eigenvalue weighted by atomic mass is 10.2. The van der Waals surface area contributed by atoms with Crippen LogP contribution < -0.4 is 4.72 Å². The number of carbonyl (C=O) groups is 1. The summed E-state index contributed by atoms with van der Waals surface area (Å²) in [5.74, 6) is -1.66. The Kier molecular flexibility index (Phi) is 4.71. The molecular formula is C11H15NO6S3. The van der Waals surface area contributed by atoms with E-state index in [1.165, 1.54) is 6.07 Å². The Labute approximate surface area is 127 Å². The van der Waals surface area contributed by atoms with Crippen molar-refractivity contribution in [2.75, 3.05) is 11.5 Å². The van der Waals surface area contributed by atoms with Crippen LogP contribution in [0, 0.1) is 0 Å². The van der Waals surface area contributed by atoms with Gasteiger partial charge in [0.25, 0.3) is 0 Å². The van der Waals surface area contributed by atoms with Crippen LogP contribution >= 0.6 is 11.3 Å². The quantitative estimate of drug-likeness (QED) is 0.790. The molecule has 118 valence electrons. The fraction of sp³-hybridized carbons (Fsp3) is 0.545. The smallest absolute Gasteiger partial charge is 0.327 e. The van der Waals surface area contributed by atoms with Gasteiger partial charge in [-0.05, 0) is 24.3 Å². The number of nitrogens with one attached hydrogen (secondary N) is 1. The van der Waals surface area contributed by atoms with Crippen molar-refractivity contribution in [3.05, 3.63) is 22.4 Å². The van der Waals surface area contributed by atoms with Crippen molar-refractivity contribution < 1.29 is 26.7 Å². The number of hydrogen-bond donors (Lipinski definition) is 2. The molecule has 2 N–H and O–H groups in total. The van der Waals surface area contributed by atoms with Crippen LogP contribution in [-0.4, -0.2) is 44.7 Å². The Morgan fingerprint density at radius 3 is 2.48 bits per heavy atom. The molecule has 2 rings (SSSR count). The first kappa shape index (κ1) is 16.4. The maximum atomic E-state index is 12.2. The molecule has 1 aliphatic rings. The molecular weight excluding hydrogens is 338 g/mol. The van der Waals surface area contributed by atoms with E-state index in [2.05, 4.69) is 4.72 Å². The molecule has 0 aromatic carbocycles. The van der Waals surface area contributed by atoms with Gasteiger partial charge in [0.05, 0.1) is 16.8 Å². The number of thiophene rings is 1. The van der Waals surface area contributed by atoms with Gasteiger partial charge in [-0.15, -0.1) is 11.3 Å². The number of sulfonamides is 1. The van der Waals surface area contributed by atoms with Crippen LogP contribution in [0.2, 0.25) is 0 Å². The highest BCUT2D eigenvalue weighted by Gasteiger charge is 2.36. The molecule has 0 spiro atoms. The van der Waals surface area contributed by atoms with Crippen LogP contribution in [-0.2, 0) is 24.7 Å². The van der Waals surface area contributed by atoms with Crippen molar-refractivity contribution in [2.45, 2.75) is 24.1 Å². The van der Waals surface area contributed by atoms with Gasteiger partial charge < -0.3 is 5.11 Å². The minimum Gasteiger partial charge on any atom is -0.480 e. The van der Waals surface area contributed by atoms with E-state index in [4.69, 9.17) is 0 Å².